The van der Waals surface area contributed by atoms with Crippen molar-refractivity contribution in [2.75, 3.05) is 0 Å². The Morgan fingerprint density at radius 3 is 2.64 bits per heavy atom. The smallest absolute Gasteiger partial charge is 0.424 e. The van der Waals surface area contributed by atoms with Crippen LogP contribution in [0.25, 0.3) is 0 Å². The maximum Gasteiger partial charge on any atom is 0.459 e. The van der Waals surface area contributed by atoms with Crippen molar-refractivity contribution in [2.24, 2.45) is 0 Å². The molecule has 1 aromatic carbocycles. The third kappa shape index (κ3) is 3.41. The Balaban J connectivity index is 2.89. The van der Waals surface area contributed by atoms with Crippen LogP contribution < -0.4 is 4.74 Å². The summed E-state index contributed by atoms with van der Waals surface area (Å²) in [5, 5.41) is -3.41. The van der Waals surface area contributed by atoms with Gasteiger partial charge in [-0.05, 0) is 19.1 Å². The second-order valence-electron chi connectivity index (χ2n) is 2.63. The van der Waals surface area contributed by atoms with E-state index in [9.17, 15) is 13.6 Å². The molecule has 5 heteroatoms. The lowest BCUT2D eigenvalue weighted by Gasteiger charge is -2.11. The molecule has 0 bridgehead atoms. The first-order valence-electron chi connectivity index (χ1n) is 3.75. The van der Waals surface area contributed by atoms with Crippen LogP contribution in [0.1, 0.15) is 17.3 Å². The zero-order valence-corrected chi connectivity index (χ0v) is 8.85. The zero-order valence-electron chi connectivity index (χ0n) is 7.26. The Kier molecular flexibility index (Phi) is 3.21. The highest BCUT2D eigenvalue weighted by atomic mass is 79.9. The summed E-state index contributed by atoms with van der Waals surface area (Å²) in [7, 11) is 0. The maximum absolute atomic E-state index is 12.4. The molecule has 0 aliphatic carbocycles. The standard InChI is InChI=1S/C9H7BrF2O2/c1-6(13)7-3-2-4-8(5-7)14-9(10,11)12/h2-5H,1H3. The van der Waals surface area contributed by atoms with Gasteiger partial charge in [0, 0.05) is 21.5 Å². The van der Waals surface area contributed by atoms with Crippen LogP contribution in [-0.2, 0) is 0 Å². The van der Waals surface area contributed by atoms with E-state index in [1.165, 1.54) is 31.2 Å². The summed E-state index contributed by atoms with van der Waals surface area (Å²) in [6.07, 6.45) is 0. The second-order valence-corrected chi connectivity index (χ2v) is 3.56. The van der Waals surface area contributed by atoms with Gasteiger partial charge < -0.3 is 4.74 Å². The summed E-state index contributed by atoms with van der Waals surface area (Å²) < 4.78 is 28.9. The number of ether oxygens (including phenoxy) is 1. The lowest BCUT2D eigenvalue weighted by atomic mass is 10.1. The van der Waals surface area contributed by atoms with Gasteiger partial charge in [-0.15, -0.1) is 0 Å². The van der Waals surface area contributed by atoms with Crippen LogP contribution in [0.3, 0.4) is 0 Å². The monoisotopic (exact) mass is 264 g/mol. The van der Waals surface area contributed by atoms with Gasteiger partial charge in [0.15, 0.2) is 5.78 Å². The van der Waals surface area contributed by atoms with Crippen LogP contribution in [0, 0.1) is 0 Å². The number of rotatable bonds is 3. The Labute approximate surface area is 88.0 Å². The summed E-state index contributed by atoms with van der Waals surface area (Å²) in [5.74, 6) is -0.257. The predicted octanol–water partition coefficient (Wildman–Crippen LogP) is 3.21. The molecule has 0 N–H and O–H groups in total. The molecule has 0 aliphatic rings. The van der Waals surface area contributed by atoms with Crippen molar-refractivity contribution in [3.8, 4) is 5.75 Å². The van der Waals surface area contributed by atoms with Crippen molar-refractivity contribution in [3.63, 3.8) is 0 Å². The molecule has 0 spiro atoms. The first-order valence-corrected chi connectivity index (χ1v) is 4.54. The molecular formula is C9H7BrF2O2. The van der Waals surface area contributed by atoms with Crippen molar-refractivity contribution in [1.82, 2.24) is 0 Å². The number of halogens is 3. The van der Waals surface area contributed by atoms with Gasteiger partial charge in [0.2, 0.25) is 0 Å². The van der Waals surface area contributed by atoms with Gasteiger partial charge in [0.1, 0.15) is 5.75 Å². The third-order valence-electron chi connectivity index (χ3n) is 1.47. The second kappa shape index (κ2) is 4.04. The molecule has 1 aromatic rings. The lowest BCUT2D eigenvalue weighted by molar-refractivity contribution is -0.0803. The van der Waals surface area contributed by atoms with Crippen molar-refractivity contribution < 1.29 is 18.3 Å². The zero-order chi connectivity index (χ0) is 10.8. The number of hydrogen-bond acceptors (Lipinski definition) is 2. The number of carbonyl (C=O) groups excluding carboxylic acids is 1. The summed E-state index contributed by atoms with van der Waals surface area (Å²) in [6.45, 7) is 1.35. The van der Waals surface area contributed by atoms with E-state index in [1.807, 2.05) is 15.9 Å². The van der Waals surface area contributed by atoms with E-state index in [-0.39, 0.29) is 11.5 Å². The minimum absolute atomic E-state index is 0.0559. The van der Waals surface area contributed by atoms with Crippen LogP contribution in [0.15, 0.2) is 24.3 Å². The number of Topliss-reactive ketones (excluding diaryl/α,β-unsaturated/α-hetero) is 1. The van der Waals surface area contributed by atoms with Crippen LogP contribution in [0.2, 0.25) is 0 Å². The van der Waals surface area contributed by atoms with Crippen LogP contribution in [0.5, 0.6) is 5.75 Å². The first-order chi connectivity index (χ1) is 6.38. The van der Waals surface area contributed by atoms with Gasteiger partial charge in [-0.25, -0.2) is 0 Å². The molecule has 0 saturated carbocycles. The Hall–Kier alpha value is -0.970. The number of alkyl halides is 3. The maximum atomic E-state index is 12.4. The Morgan fingerprint density at radius 1 is 1.50 bits per heavy atom. The summed E-state index contributed by atoms with van der Waals surface area (Å²) in [5.41, 5.74) is 0.333. The molecule has 2 nitrogen and oxygen atoms in total. The molecule has 0 fully saturated rings. The molecule has 14 heavy (non-hydrogen) atoms. The van der Waals surface area contributed by atoms with E-state index in [4.69, 9.17) is 0 Å². The highest BCUT2D eigenvalue weighted by Crippen LogP contribution is 2.27. The number of benzene rings is 1. The van der Waals surface area contributed by atoms with E-state index in [0.29, 0.717) is 5.56 Å². The van der Waals surface area contributed by atoms with Crippen molar-refractivity contribution in [2.45, 2.75) is 11.9 Å². The summed E-state index contributed by atoms with van der Waals surface area (Å²) in [6, 6.07) is 5.62. The molecule has 0 atom stereocenters. The molecular weight excluding hydrogens is 258 g/mol. The molecule has 0 aromatic heterocycles. The largest absolute Gasteiger partial charge is 0.459 e. The Bertz CT molecular complexity index is 347. The van der Waals surface area contributed by atoms with Crippen LogP contribution in [-0.4, -0.2) is 10.8 Å². The van der Waals surface area contributed by atoms with Gasteiger partial charge in [-0.1, -0.05) is 12.1 Å². The molecule has 0 aliphatic heterocycles. The fourth-order valence-corrected chi connectivity index (χ4v) is 1.10. The third-order valence-corrected chi connectivity index (χ3v) is 1.64. The fraction of sp³-hybridized carbons (Fsp3) is 0.222. The van der Waals surface area contributed by atoms with Gasteiger partial charge in [0.05, 0.1) is 0 Å². The Morgan fingerprint density at radius 2 is 2.14 bits per heavy atom. The molecule has 0 radical (unpaired) electrons. The van der Waals surface area contributed by atoms with E-state index in [0.717, 1.165) is 0 Å². The SMILES string of the molecule is CC(=O)c1cccc(OC(F)(F)Br)c1. The molecule has 0 amide bonds. The van der Waals surface area contributed by atoms with Crippen molar-refractivity contribution in [1.29, 1.82) is 0 Å². The normalized spacial score (nSPS) is 11.1. The van der Waals surface area contributed by atoms with E-state index < -0.39 is 5.02 Å². The highest BCUT2D eigenvalue weighted by Gasteiger charge is 2.26. The minimum Gasteiger partial charge on any atom is -0.424 e. The average molecular weight is 265 g/mol. The molecule has 0 heterocycles. The molecule has 1 rings (SSSR count). The molecule has 76 valence electrons. The number of carbonyl (C=O) groups is 1. The molecule has 0 unspecified atom stereocenters. The summed E-state index contributed by atoms with van der Waals surface area (Å²) >= 11 is 2.04. The predicted molar refractivity (Wildman–Crippen MR) is 50.9 cm³/mol. The lowest BCUT2D eigenvalue weighted by Crippen LogP contribution is -2.15. The van der Waals surface area contributed by atoms with E-state index >= 15 is 0 Å². The molecule has 0 saturated heterocycles. The van der Waals surface area contributed by atoms with Gasteiger partial charge >= 0.3 is 5.02 Å². The topological polar surface area (TPSA) is 26.3 Å². The van der Waals surface area contributed by atoms with Crippen molar-refractivity contribution in [3.05, 3.63) is 29.8 Å². The summed E-state index contributed by atoms with van der Waals surface area (Å²) in [4.78, 5) is 10.9. The van der Waals surface area contributed by atoms with Gasteiger partial charge in [0.25, 0.3) is 0 Å². The minimum atomic E-state index is -3.41. The van der Waals surface area contributed by atoms with Gasteiger partial charge in [-0.2, -0.15) is 8.78 Å². The first kappa shape index (κ1) is 11.1. The van der Waals surface area contributed by atoms with E-state index in [2.05, 4.69) is 4.74 Å². The van der Waals surface area contributed by atoms with Crippen LogP contribution >= 0.6 is 15.9 Å². The fourth-order valence-electron chi connectivity index (χ4n) is 0.912. The number of ketones is 1. The number of hydrogen-bond donors (Lipinski definition) is 0. The van der Waals surface area contributed by atoms with Gasteiger partial charge in [-0.3, -0.25) is 4.79 Å². The highest BCUT2D eigenvalue weighted by molar-refractivity contribution is 9.09. The quantitative estimate of drug-likeness (QED) is 0.619. The van der Waals surface area contributed by atoms with E-state index in [1.54, 1.807) is 0 Å². The van der Waals surface area contributed by atoms with Crippen molar-refractivity contribution >= 4 is 21.7 Å². The average Bonchev–Trinajstić information content (AvgIpc) is 2.01. The van der Waals surface area contributed by atoms with Crippen LogP contribution in [0.4, 0.5) is 8.78 Å².